The molecular formula is C18H20BrN3O6S. The molecule has 1 saturated heterocycles. The molecule has 0 bridgehead atoms. The summed E-state index contributed by atoms with van der Waals surface area (Å²) in [5.41, 5.74) is 1.47. The zero-order valence-electron chi connectivity index (χ0n) is 15.6. The van der Waals surface area contributed by atoms with Crippen molar-refractivity contribution in [1.82, 2.24) is 9.29 Å². The summed E-state index contributed by atoms with van der Waals surface area (Å²) in [5, 5.41) is 2.63. The van der Waals surface area contributed by atoms with Crippen LogP contribution >= 0.6 is 15.9 Å². The lowest BCUT2D eigenvalue weighted by Gasteiger charge is -2.25. The van der Waals surface area contributed by atoms with Crippen LogP contribution in [-0.4, -0.2) is 62.5 Å². The molecule has 1 aliphatic rings. The van der Waals surface area contributed by atoms with Crippen molar-refractivity contribution in [1.29, 1.82) is 0 Å². The van der Waals surface area contributed by atoms with Crippen LogP contribution in [0.1, 0.15) is 16.1 Å². The topological polar surface area (TPSA) is 118 Å². The third-order valence-corrected chi connectivity index (χ3v) is 7.03. The Bertz CT molecular complexity index is 1010. The Balaban J connectivity index is 1.57. The Morgan fingerprint density at radius 1 is 1.28 bits per heavy atom. The molecule has 0 atom stereocenters. The van der Waals surface area contributed by atoms with Gasteiger partial charge < -0.3 is 19.8 Å². The molecule has 0 aliphatic carbocycles. The van der Waals surface area contributed by atoms with Crippen molar-refractivity contribution in [3.63, 3.8) is 0 Å². The van der Waals surface area contributed by atoms with Crippen LogP contribution in [0.3, 0.4) is 0 Å². The lowest BCUT2D eigenvalue weighted by atomic mass is 10.2. The van der Waals surface area contributed by atoms with E-state index in [1.54, 1.807) is 18.2 Å². The van der Waals surface area contributed by atoms with Crippen molar-refractivity contribution in [3.05, 3.63) is 46.2 Å². The van der Waals surface area contributed by atoms with Crippen LogP contribution in [0.4, 0.5) is 5.69 Å². The van der Waals surface area contributed by atoms with Crippen molar-refractivity contribution in [3.8, 4) is 0 Å². The largest absolute Gasteiger partial charge is 0.451 e. The van der Waals surface area contributed by atoms with E-state index in [9.17, 15) is 18.0 Å². The normalized spacial score (nSPS) is 15.1. The summed E-state index contributed by atoms with van der Waals surface area (Å²) in [5.74, 6) is -1.33. The molecule has 2 aromatic rings. The molecule has 1 aromatic carbocycles. The van der Waals surface area contributed by atoms with E-state index in [4.69, 9.17) is 9.47 Å². The summed E-state index contributed by atoms with van der Waals surface area (Å²) in [6.07, 6.45) is 1.23. The third kappa shape index (κ3) is 5.24. The molecule has 2 N–H and O–H groups in total. The first kappa shape index (κ1) is 21.5. The maximum atomic E-state index is 12.6. The maximum absolute atomic E-state index is 12.6. The van der Waals surface area contributed by atoms with E-state index in [1.165, 1.54) is 16.6 Å². The van der Waals surface area contributed by atoms with E-state index < -0.39 is 28.5 Å². The number of sulfonamides is 1. The Labute approximate surface area is 176 Å². The summed E-state index contributed by atoms with van der Waals surface area (Å²) in [6, 6.07) is 6.48. The number of rotatable bonds is 6. The number of aromatic amines is 1. The second kappa shape index (κ2) is 9.08. The Morgan fingerprint density at radius 2 is 2.00 bits per heavy atom. The second-order valence-corrected chi connectivity index (χ2v) is 9.15. The molecule has 1 fully saturated rings. The minimum atomic E-state index is -3.72. The van der Waals surface area contributed by atoms with Crippen LogP contribution in [0.5, 0.6) is 0 Å². The maximum Gasteiger partial charge on any atom is 0.355 e. The molecule has 1 amide bonds. The summed E-state index contributed by atoms with van der Waals surface area (Å²) in [4.78, 5) is 26.7. The number of aryl methyl sites for hydroxylation is 1. The Hall–Kier alpha value is -2.21. The number of hydrogen-bond acceptors (Lipinski definition) is 6. The standard InChI is InChI=1S/C18H20BrN3O6S/c1-12-8-13(2-3-15(12)19)21-17(23)11-28-18(24)16-9-14(10-20-16)29(25,26)22-4-6-27-7-5-22/h2-3,8-10,20H,4-7,11H2,1H3,(H,21,23). The molecule has 1 aliphatic heterocycles. The number of nitrogens with zero attached hydrogens (tertiary/aromatic N) is 1. The van der Waals surface area contributed by atoms with E-state index in [1.807, 2.05) is 6.92 Å². The van der Waals surface area contributed by atoms with Gasteiger partial charge in [0, 0.05) is 29.4 Å². The molecule has 3 rings (SSSR count). The fourth-order valence-electron chi connectivity index (χ4n) is 2.71. The molecule has 0 unspecified atom stereocenters. The zero-order chi connectivity index (χ0) is 21.0. The molecule has 29 heavy (non-hydrogen) atoms. The lowest BCUT2D eigenvalue weighted by molar-refractivity contribution is -0.119. The highest BCUT2D eigenvalue weighted by Crippen LogP contribution is 2.20. The summed E-state index contributed by atoms with van der Waals surface area (Å²) >= 11 is 3.37. The van der Waals surface area contributed by atoms with Crippen LogP contribution in [0.25, 0.3) is 0 Å². The number of anilines is 1. The lowest BCUT2D eigenvalue weighted by Crippen LogP contribution is -2.40. The van der Waals surface area contributed by atoms with Gasteiger partial charge in [0.05, 0.1) is 13.2 Å². The SMILES string of the molecule is Cc1cc(NC(=O)COC(=O)c2cc(S(=O)(=O)N3CCOCC3)c[nH]2)ccc1Br. The van der Waals surface area contributed by atoms with Crippen molar-refractivity contribution in [2.24, 2.45) is 0 Å². The molecule has 0 spiro atoms. The van der Waals surface area contributed by atoms with Gasteiger partial charge in [0.2, 0.25) is 10.0 Å². The van der Waals surface area contributed by atoms with Gasteiger partial charge in [-0.1, -0.05) is 15.9 Å². The van der Waals surface area contributed by atoms with Crippen LogP contribution in [-0.2, 0) is 24.3 Å². The monoisotopic (exact) mass is 485 g/mol. The summed E-state index contributed by atoms with van der Waals surface area (Å²) < 4.78 is 37.5. The molecule has 9 nitrogen and oxygen atoms in total. The van der Waals surface area contributed by atoms with E-state index >= 15 is 0 Å². The average Bonchev–Trinajstić information content (AvgIpc) is 3.21. The second-order valence-electron chi connectivity index (χ2n) is 6.35. The molecule has 11 heteroatoms. The first-order valence-electron chi connectivity index (χ1n) is 8.77. The minimum Gasteiger partial charge on any atom is -0.451 e. The highest BCUT2D eigenvalue weighted by atomic mass is 79.9. The van der Waals surface area contributed by atoms with Crippen LogP contribution in [0.2, 0.25) is 0 Å². The van der Waals surface area contributed by atoms with Gasteiger partial charge in [0.15, 0.2) is 6.61 Å². The van der Waals surface area contributed by atoms with Gasteiger partial charge in [-0.3, -0.25) is 4.79 Å². The van der Waals surface area contributed by atoms with Crippen molar-refractivity contribution >= 4 is 43.5 Å². The number of esters is 1. The number of aromatic nitrogens is 1. The van der Waals surface area contributed by atoms with Crippen molar-refractivity contribution in [2.45, 2.75) is 11.8 Å². The van der Waals surface area contributed by atoms with Gasteiger partial charge >= 0.3 is 5.97 Å². The highest BCUT2D eigenvalue weighted by Gasteiger charge is 2.28. The van der Waals surface area contributed by atoms with Crippen molar-refractivity contribution in [2.75, 3.05) is 38.2 Å². The molecule has 2 heterocycles. The predicted molar refractivity (Wildman–Crippen MR) is 108 cm³/mol. The number of benzene rings is 1. The van der Waals surface area contributed by atoms with Crippen LogP contribution in [0, 0.1) is 6.92 Å². The van der Waals surface area contributed by atoms with E-state index in [0.29, 0.717) is 18.9 Å². The molecule has 0 radical (unpaired) electrons. The van der Waals surface area contributed by atoms with Gasteiger partial charge in [-0.25, -0.2) is 13.2 Å². The van der Waals surface area contributed by atoms with Crippen LogP contribution < -0.4 is 5.32 Å². The molecular weight excluding hydrogens is 466 g/mol. The number of carbonyl (C=O) groups is 2. The van der Waals surface area contributed by atoms with E-state index in [2.05, 4.69) is 26.2 Å². The highest BCUT2D eigenvalue weighted by molar-refractivity contribution is 9.10. The number of carbonyl (C=O) groups excluding carboxylic acids is 2. The van der Waals surface area contributed by atoms with Gasteiger partial charge in [-0.15, -0.1) is 0 Å². The minimum absolute atomic E-state index is 0.0406. The quantitative estimate of drug-likeness (QED) is 0.603. The zero-order valence-corrected chi connectivity index (χ0v) is 18.0. The van der Waals surface area contributed by atoms with Gasteiger partial charge in [-0.2, -0.15) is 4.31 Å². The first-order chi connectivity index (χ1) is 13.8. The number of ether oxygens (including phenoxy) is 2. The number of hydrogen-bond donors (Lipinski definition) is 2. The summed E-state index contributed by atoms with van der Waals surface area (Å²) in [6.45, 7) is 2.54. The predicted octanol–water partition coefficient (Wildman–Crippen LogP) is 1.90. The molecule has 156 valence electrons. The fourth-order valence-corrected chi connectivity index (χ4v) is 4.35. The Morgan fingerprint density at radius 3 is 2.69 bits per heavy atom. The third-order valence-electron chi connectivity index (χ3n) is 4.26. The summed E-state index contributed by atoms with van der Waals surface area (Å²) in [7, 11) is -3.72. The van der Waals surface area contributed by atoms with Gasteiger partial charge in [0.25, 0.3) is 5.91 Å². The number of halogens is 1. The van der Waals surface area contributed by atoms with E-state index in [-0.39, 0.29) is 23.7 Å². The van der Waals surface area contributed by atoms with Gasteiger partial charge in [0.1, 0.15) is 10.6 Å². The smallest absolute Gasteiger partial charge is 0.355 e. The average molecular weight is 486 g/mol. The number of morpholine rings is 1. The number of H-pyrrole nitrogens is 1. The molecule has 0 saturated carbocycles. The number of amides is 1. The van der Waals surface area contributed by atoms with Crippen LogP contribution in [0.15, 0.2) is 39.8 Å². The molecule has 1 aromatic heterocycles. The van der Waals surface area contributed by atoms with Gasteiger partial charge in [-0.05, 0) is 36.8 Å². The fraction of sp³-hybridized carbons (Fsp3) is 0.333. The van der Waals surface area contributed by atoms with E-state index in [0.717, 1.165) is 10.0 Å². The van der Waals surface area contributed by atoms with Crippen molar-refractivity contribution < 1.29 is 27.5 Å². The first-order valence-corrected chi connectivity index (χ1v) is 11.0. The number of nitrogens with one attached hydrogen (secondary N) is 2. The Kier molecular flexibility index (Phi) is 6.73.